The number of carbonyl (C=O) groups is 1. The molecule has 0 saturated carbocycles. The van der Waals surface area contributed by atoms with E-state index < -0.39 is 22.1 Å². The lowest BCUT2D eigenvalue weighted by Gasteiger charge is -2.12. The molecule has 1 N–H and O–H groups in total. The van der Waals surface area contributed by atoms with Gasteiger partial charge in [0.2, 0.25) is 10.0 Å². The van der Waals surface area contributed by atoms with Crippen LogP contribution in [0, 0.1) is 0 Å². The minimum Gasteiger partial charge on any atom is -0.449 e. The lowest BCUT2D eigenvalue weighted by Crippen LogP contribution is -2.15. The molecule has 1 unspecified atom stereocenters. The Morgan fingerprint density at radius 3 is 2.69 bits per heavy atom. The van der Waals surface area contributed by atoms with Crippen LogP contribution in [0.3, 0.4) is 0 Å². The highest BCUT2D eigenvalue weighted by Gasteiger charge is 2.22. The van der Waals surface area contributed by atoms with Gasteiger partial charge >= 0.3 is 5.97 Å². The van der Waals surface area contributed by atoms with Gasteiger partial charge in [0.25, 0.3) is 11.8 Å². The number of rotatable bonds is 6. The van der Waals surface area contributed by atoms with Gasteiger partial charge in [0.15, 0.2) is 6.10 Å². The monoisotopic (exact) mass is 393 g/mol. The predicted molar refractivity (Wildman–Crippen MR) is 96.4 cm³/mol. The number of hydrogen-bond donors (Lipinski definition) is 1. The molecule has 2 heterocycles. The molecule has 0 amide bonds. The molecule has 0 aliphatic carbocycles. The molecule has 136 valence electrons. The molecule has 1 aromatic carbocycles. The maximum absolute atomic E-state index is 12.4. The zero-order valence-corrected chi connectivity index (χ0v) is 15.5. The summed E-state index contributed by atoms with van der Waals surface area (Å²) in [5.41, 5.74) is 0.222. The molecule has 2 aromatic heterocycles. The van der Waals surface area contributed by atoms with Gasteiger partial charge in [-0.1, -0.05) is 18.2 Å². The number of para-hydroxylation sites is 1. The van der Waals surface area contributed by atoms with Crippen molar-refractivity contribution in [3.8, 4) is 10.8 Å². The summed E-state index contributed by atoms with van der Waals surface area (Å²) in [6.07, 6.45) is 0.206. The number of nitrogens with one attached hydrogen (secondary N) is 1. The van der Waals surface area contributed by atoms with Crippen LogP contribution in [0.25, 0.3) is 10.8 Å². The smallest absolute Gasteiger partial charge is 0.341 e. The summed E-state index contributed by atoms with van der Waals surface area (Å²) < 4.78 is 36.0. The van der Waals surface area contributed by atoms with Gasteiger partial charge in [-0.15, -0.1) is 21.5 Å². The SMILES string of the molecule is CC(OC(=O)c1ccccc1NS(C)(=O)=O)c1nnc(-c2cccs2)o1. The van der Waals surface area contributed by atoms with Crippen LogP contribution < -0.4 is 4.72 Å². The molecule has 0 aliphatic heterocycles. The number of anilines is 1. The van der Waals surface area contributed by atoms with E-state index in [2.05, 4.69) is 14.9 Å². The summed E-state index contributed by atoms with van der Waals surface area (Å²) in [5, 5.41) is 9.72. The van der Waals surface area contributed by atoms with Crippen molar-refractivity contribution in [1.82, 2.24) is 10.2 Å². The van der Waals surface area contributed by atoms with E-state index in [0.29, 0.717) is 5.89 Å². The molecule has 0 radical (unpaired) electrons. The number of ether oxygens (including phenoxy) is 1. The third-order valence-corrected chi connectivity index (χ3v) is 4.70. The van der Waals surface area contributed by atoms with Crippen LogP contribution in [0.5, 0.6) is 0 Å². The van der Waals surface area contributed by atoms with Crippen molar-refractivity contribution in [1.29, 1.82) is 0 Å². The molecule has 1 atom stereocenters. The minimum absolute atomic E-state index is 0.0859. The third kappa shape index (κ3) is 4.27. The summed E-state index contributed by atoms with van der Waals surface area (Å²) in [4.78, 5) is 13.2. The number of esters is 1. The quantitative estimate of drug-likeness (QED) is 0.641. The number of aromatic nitrogens is 2. The highest BCUT2D eigenvalue weighted by Crippen LogP contribution is 2.27. The second kappa shape index (κ2) is 7.26. The topological polar surface area (TPSA) is 111 Å². The highest BCUT2D eigenvalue weighted by molar-refractivity contribution is 7.92. The van der Waals surface area contributed by atoms with E-state index in [4.69, 9.17) is 9.15 Å². The van der Waals surface area contributed by atoms with Crippen LogP contribution in [0.4, 0.5) is 5.69 Å². The van der Waals surface area contributed by atoms with Crippen LogP contribution in [0.15, 0.2) is 46.2 Å². The molecule has 3 aromatic rings. The Balaban J connectivity index is 1.76. The Bertz CT molecular complexity index is 1010. The van der Waals surface area contributed by atoms with Crippen molar-refractivity contribution < 1.29 is 22.4 Å². The van der Waals surface area contributed by atoms with E-state index in [1.807, 2.05) is 17.5 Å². The Labute approximate surface area is 153 Å². The average Bonchev–Trinajstić information content (AvgIpc) is 3.25. The lowest BCUT2D eigenvalue weighted by molar-refractivity contribution is 0.0281. The number of sulfonamides is 1. The summed E-state index contributed by atoms with van der Waals surface area (Å²) in [5.74, 6) is -0.215. The maximum Gasteiger partial charge on any atom is 0.341 e. The first kappa shape index (κ1) is 18.1. The molecule has 0 aliphatic rings. The number of thiophene rings is 1. The molecule has 10 heteroatoms. The second-order valence-electron chi connectivity index (χ2n) is 5.39. The zero-order valence-electron chi connectivity index (χ0n) is 13.9. The Morgan fingerprint density at radius 1 is 1.23 bits per heavy atom. The first-order valence-electron chi connectivity index (χ1n) is 7.48. The highest BCUT2D eigenvalue weighted by atomic mass is 32.2. The fourth-order valence-corrected chi connectivity index (χ4v) is 3.34. The maximum atomic E-state index is 12.4. The van der Waals surface area contributed by atoms with Gasteiger partial charge in [0, 0.05) is 0 Å². The molecule has 0 saturated heterocycles. The largest absolute Gasteiger partial charge is 0.449 e. The van der Waals surface area contributed by atoms with Crippen molar-refractivity contribution >= 4 is 33.0 Å². The number of nitrogens with zero attached hydrogens (tertiary/aromatic N) is 2. The first-order chi connectivity index (χ1) is 12.3. The first-order valence-corrected chi connectivity index (χ1v) is 10.3. The summed E-state index contributed by atoms with van der Waals surface area (Å²) in [7, 11) is -3.53. The van der Waals surface area contributed by atoms with Crippen LogP contribution in [0.1, 0.15) is 29.3 Å². The van der Waals surface area contributed by atoms with Crippen molar-refractivity contribution in [3.05, 3.63) is 53.2 Å². The van der Waals surface area contributed by atoms with Crippen molar-refractivity contribution in [2.45, 2.75) is 13.0 Å². The molecule has 0 spiro atoms. The summed E-state index contributed by atoms with van der Waals surface area (Å²) in [6.45, 7) is 1.59. The Morgan fingerprint density at radius 2 is 2.00 bits per heavy atom. The molecule has 8 nitrogen and oxygen atoms in total. The molecule has 0 bridgehead atoms. The van der Waals surface area contributed by atoms with Crippen molar-refractivity contribution in [3.63, 3.8) is 0 Å². The van der Waals surface area contributed by atoms with Gasteiger partial charge in [-0.25, -0.2) is 13.2 Å². The summed E-state index contributed by atoms with van der Waals surface area (Å²) in [6, 6.07) is 9.86. The Hall–Kier alpha value is -2.72. The number of carbonyl (C=O) groups excluding carboxylic acids is 1. The molecule has 3 rings (SSSR count). The van der Waals surface area contributed by atoms with E-state index in [-0.39, 0.29) is 17.1 Å². The standard InChI is InChI=1S/C16H15N3O5S2/c1-10(14-17-18-15(24-14)13-8-5-9-25-13)23-16(20)11-6-3-4-7-12(11)19-26(2,21)22/h3-10,19H,1-2H3. The average molecular weight is 393 g/mol. The predicted octanol–water partition coefficient (Wildman–Crippen LogP) is 3.09. The molecular weight excluding hydrogens is 378 g/mol. The fourth-order valence-electron chi connectivity index (χ4n) is 2.12. The zero-order chi connectivity index (χ0) is 18.7. The second-order valence-corrected chi connectivity index (χ2v) is 8.09. The van der Waals surface area contributed by atoms with Gasteiger partial charge in [-0.3, -0.25) is 4.72 Å². The number of hydrogen-bond acceptors (Lipinski definition) is 8. The normalized spacial score (nSPS) is 12.5. The van der Waals surface area contributed by atoms with Crippen LogP contribution >= 0.6 is 11.3 Å². The summed E-state index contributed by atoms with van der Waals surface area (Å²) >= 11 is 1.45. The van der Waals surface area contributed by atoms with E-state index in [1.54, 1.807) is 19.1 Å². The van der Waals surface area contributed by atoms with E-state index in [1.165, 1.54) is 23.5 Å². The third-order valence-electron chi connectivity index (χ3n) is 3.25. The van der Waals surface area contributed by atoms with Gasteiger partial charge in [0.1, 0.15) is 0 Å². The van der Waals surface area contributed by atoms with Crippen LogP contribution in [-0.2, 0) is 14.8 Å². The molecular formula is C16H15N3O5S2. The van der Waals surface area contributed by atoms with E-state index in [0.717, 1.165) is 11.1 Å². The van der Waals surface area contributed by atoms with Crippen LogP contribution in [-0.4, -0.2) is 30.8 Å². The molecule has 26 heavy (non-hydrogen) atoms. The van der Waals surface area contributed by atoms with Crippen LogP contribution in [0.2, 0.25) is 0 Å². The van der Waals surface area contributed by atoms with Crippen molar-refractivity contribution in [2.75, 3.05) is 11.0 Å². The van der Waals surface area contributed by atoms with Gasteiger partial charge < -0.3 is 9.15 Å². The van der Waals surface area contributed by atoms with Crippen molar-refractivity contribution in [2.24, 2.45) is 0 Å². The van der Waals surface area contributed by atoms with Gasteiger partial charge in [-0.2, -0.15) is 0 Å². The number of benzene rings is 1. The van der Waals surface area contributed by atoms with E-state index >= 15 is 0 Å². The lowest BCUT2D eigenvalue weighted by atomic mass is 10.2. The van der Waals surface area contributed by atoms with Gasteiger partial charge in [-0.05, 0) is 30.5 Å². The fraction of sp³-hybridized carbons (Fsp3) is 0.188. The van der Waals surface area contributed by atoms with Gasteiger partial charge in [0.05, 0.1) is 22.4 Å². The minimum atomic E-state index is -3.53. The molecule has 0 fully saturated rings. The Kier molecular flexibility index (Phi) is 5.05. The van der Waals surface area contributed by atoms with E-state index in [9.17, 15) is 13.2 Å².